The lowest BCUT2D eigenvalue weighted by Crippen LogP contribution is -2.24. The number of aryl methyl sites for hydroxylation is 1. The number of H-pyrrole nitrogens is 1. The van der Waals surface area contributed by atoms with Crippen molar-refractivity contribution in [2.75, 3.05) is 0 Å². The van der Waals surface area contributed by atoms with Crippen LogP contribution in [0, 0.1) is 6.33 Å². The maximum atomic E-state index is 4.62. The second kappa shape index (κ2) is 1.42. The lowest BCUT2D eigenvalue weighted by Gasteiger charge is -1.68. The highest BCUT2D eigenvalue weighted by atomic mass is 32.1. The molecule has 0 aromatic carbocycles. The van der Waals surface area contributed by atoms with Crippen LogP contribution >= 0.6 is 12.4 Å². The van der Waals surface area contributed by atoms with Crippen molar-refractivity contribution in [3.05, 3.63) is 6.33 Å². The topological polar surface area (TPSA) is 39.5 Å². The third-order valence-corrected chi connectivity index (χ3v) is 0.929. The molecule has 4 nitrogen and oxygen atoms in total. The molecule has 0 saturated carbocycles. The van der Waals surface area contributed by atoms with E-state index in [1.165, 1.54) is 8.52 Å². The van der Waals surface area contributed by atoms with E-state index in [0.29, 0.717) is 0 Å². The van der Waals surface area contributed by atoms with Crippen LogP contribution in [-0.4, -0.2) is 15.0 Å². The van der Waals surface area contributed by atoms with E-state index in [0.717, 1.165) is 0 Å². The molecule has 0 fully saturated rings. The highest BCUT2D eigenvalue weighted by Gasteiger charge is 1.89. The minimum absolute atomic E-state index is 1.29. The van der Waals surface area contributed by atoms with Crippen LogP contribution in [0.5, 0.6) is 0 Å². The van der Waals surface area contributed by atoms with E-state index in [4.69, 9.17) is 0 Å². The molecule has 0 saturated heterocycles. The van der Waals surface area contributed by atoms with Gasteiger partial charge in [0.15, 0.2) is 12.4 Å². The van der Waals surface area contributed by atoms with Crippen LogP contribution in [0.4, 0.5) is 0 Å². The van der Waals surface area contributed by atoms with Gasteiger partial charge in [-0.2, -0.15) is 0 Å². The van der Waals surface area contributed by atoms with E-state index in [1.807, 2.05) is 0 Å². The van der Waals surface area contributed by atoms with Crippen molar-refractivity contribution >= 4 is 12.4 Å². The Bertz CT molecular complexity index is 197. The first-order valence-electron chi connectivity index (χ1n) is 1.72. The number of aromatic amines is 1. The number of nitrogens with one attached hydrogen (secondary N) is 1. The van der Waals surface area contributed by atoms with E-state index in [9.17, 15) is 0 Å². The van der Waals surface area contributed by atoms with Gasteiger partial charge in [-0.3, -0.25) is 0 Å². The zero-order valence-corrected chi connectivity index (χ0v) is 4.57. The smallest absolute Gasteiger partial charge is 0.134 e. The third-order valence-electron chi connectivity index (χ3n) is 0.603. The second-order valence-electron chi connectivity index (χ2n) is 1.11. The van der Waals surface area contributed by atoms with Crippen LogP contribution in [0.1, 0.15) is 0 Å². The summed E-state index contributed by atoms with van der Waals surface area (Å²) in [6.45, 7) is 0. The molecule has 1 rings (SSSR count). The Kier molecular flexibility index (Phi) is 0.900. The van der Waals surface area contributed by atoms with E-state index in [2.05, 4.69) is 29.1 Å². The average molecular weight is 116 g/mol. The predicted molar refractivity (Wildman–Crippen MR) is 24.0 cm³/mol. The fourth-order valence-corrected chi connectivity index (χ4v) is 0.323. The molecule has 0 bridgehead atoms. The minimum atomic E-state index is 1.29. The number of aromatic nitrogens is 4. The lowest BCUT2D eigenvalue weighted by molar-refractivity contribution is -0.601. The number of tetrazole rings is 1. The zero-order chi connectivity index (χ0) is 5.28. The molecule has 0 aliphatic rings. The summed E-state index contributed by atoms with van der Waals surface area (Å²) in [5.41, 5.74) is 0. The summed E-state index contributed by atoms with van der Waals surface area (Å²) < 4.78 is 2.81. The van der Waals surface area contributed by atoms with Gasteiger partial charge in [0.25, 0.3) is 0 Å². The van der Waals surface area contributed by atoms with Crippen LogP contribution in [0.15, 0.2) is 0 Å². The molecule has 7 heavy (non-hydrogen) atoms. The van der Waals surface area contributed by atoms with Gasteiger partial charge in [-0.1, -0.05) is 0 Å². The molecule has 1 heterocycles. The summed E-state index contributed by atoms with van der Waals surface area (Å²) in [5.74, 6) is 0. The molecule has 37 valence electrons. The van der Waals surface area contributed by atoms with Gasteiger partial charge in [0, 0.05) is 3.84 Å². The molecule has 1 N–H and O–H groups in total. The van der Waals surface area contributed by atoms with Gasteiger partial charge >= 0.3 is 6.33 Å². The zero-order valence-electron chi connectivity index (χ0n) is 3.75. The average Bonchev–Trinajstić information content (AvgIpc) is 1.91. The van der Waals surface area contributed by atoms with Gasteiger partial charge < -0.3 is 0 Å². The Morgan fingerprint density at radius 3 is 2.86 bits per heavy atom. The summed E-state index contributed by atoms with van der Waals surface area (Å²) >= 11 is 4.62. The fourth-order valence-electron chi connectivity index (χ4n) is 0.245. The summed E-state index contributed by atoms with van der Waals surface area (Å²) in [6, 6.07) is 0. The van der Waals surface area contributed by atoms with Gasteiger partial charge in [-0.15, -0.1) is 4.68 Å². The molecule has 0 unspecified atom stereocenters. The van der Waals surface area contributed by atoms with Crippen molar-refractivity contribution in [2.45, 2.75) is 0 Å². The second-order valence-corrected chi connectivity index (χ2v) is 1.45. The molecule has 5 heteroatoms. The molecule has 1 aromatic heterocycles. The van der Waals surface area contributed by atoms with E-state index in [-0.39, 0.29) is 0 Å². The van der Waals surface area contributed by atoms with Crippen molar-refractivity contribution in [2.24, 2.45) is 7.05 Å². The quantitative estimate of drug-likeness (QED) is 0.445. The Morgan fingerprint density at radius 2 is 2.71 bits per heavy atom. The Hall–Kier alpha value is -0.710. The van der Waals surface area contributed by atoms with Gasteiger partial charge in [-0.05, 0) is 5.21 Å². The molecular weight excluding hydrogens is 112 g/mol. The molecule has 0 aliphatic carbocycles. The van der Waals surface area contributed by atoms with Crippen molar-refractivity contribution in [3.63, 3.8) is 0 Å². The highest BCUT2D eigenvalue weighted by Crippen LogP contribution is 1.53. The molecule has 0 amide bonds. The van der Waals surface area contributed by atoms with Gasteiger partial charge in [0.1, 0.15) is 0 Å². The summed E-state index contributed by atoms with van der Waals surface area (Å²) in [6.07, 6.45) is 2.54. The van der Waals surface area contributed by atoms with Crippen molar-refractivity contribution in [1.82, 2.24) is 15.0 Å². The van der Waals surface area contributed by atoms with Gasteiger partial charge in [-0.25, -0.2) is 0 Å². The normalized spacial score (nSPS) is 9.29. The Balaban J connectivity index is 3.39. The number of hydrogen-bond acceptors (Lipinski definition) is 2. The summed E-state index contributed by atoms with van der Waals surface area (Å²) in [5, 5.41) is 5.95. The van der Waals surface area contributed by atoms with Crippen molar-refractivity contribution in [1.29, 1.82) is 0 Å². The lowest BCUT2D eigenvalue weighted by atomic mass is 11.2. The monoisotopic (exact) mass is 116 g/mol. The van der Waals surface area contributed by atoms with Crippen LogP contribution in [0.2, 0.25) is 0 Å². The predicted octanol–water partition coefficient (Wildman–Crippen LogP) is -0.922. The number of hydrogen-bond donors (Lipinski definition) is 1. The maximum Gasteiger partial charge on any atom is 0.381 e. The summed E-state index contributed by atoms with van der Waals surface area (Å²) in [4.78, 5) is 0. The van der Waals surface area contributed by atoms with Gasteiger partial charge in [0.2, 0.25) is 0 Å². The maximum absolute atomic E-state index is 4.62. The molecule has 0 spiro atoms. The highest BCUT2D eigenvalue weighted by molar-refractivity contribution is 7.66. The van der Waals surface area contributed by atoms with Crippen LogP contribution in [0.25, 0.3) is 0 Å². The Labute approximate surface area is 45.5 Å². The number of nitrogens with zero attached hydrogens (tertiary/aromatic N) is 3. The standard InChI is InChI=1S/C2H4N4S/c1-5-2-3-4-6(5)7/h1H3,(H,4,7)/q+1. The molecule has 0 atom stereocenters. The first-order valence-corrected chi connectivity index (χ1v) is 2.09. The fraction of sp³-hybridized carbons (Fsp3) is 0.500. The first kappa shape index (κ1) is 4.45. The van der Waals surface area contributed by atoms with Crippen LogP contribution in [-0.2, 0) is 7.05 Å². The van der Waals surface area contributed by atoms with Gasteiger partial charge in [0.05, 0.1) is 12.1 Å². The van der Waals surface area contributed by atoms with Crippen LogP contribution in [0.3, 0.4) is 0 Å². The van der Waals surface area contributed by atoms with Crippen molar-refractivity contribution in [3.8, 4) is 0 Å². The van der Waals surface area contributed by atoms with E-state index in [1.54, 1.807) is 7.05 Å². The molecule has 1 radical (unpaired) electrons. The van der Waals surface area contributed by atoms with E-state index >= 15 is 0 Å². The SMILES string of the molecule is Cn1[c]n[nH][n+]1=S. The number of rotatable bonds is 0. The largest absolute Gasteiger partial charge is 0.381 e. The van der Waals surface area contributed by atoms with Crippen molar-refractivity contribution < 1.29 is 3.84 Å². The van der Waals surface area contributed by atoms with E-state index < -0.39 is 0 Å². The Morgan fingerprint density at radius 1 is 2.00 bits per heavy atom. The van der Waals surface area contributed by atoms with Crippen LogP contribution < -0.4 is 3.84 Å². The summed E-state index contributed by atoms with van der Waals surface area (Å²) in [7, 11) is 1.75. The first-order chi connectivity index (χ1) is 3.30. The molecular formula is C2H4N4S+. The molecule has 1 aromatic rings. The minimum Gasteiger partial charge on any atom is -0.134 e. The third kappa shape index (κ3) is 0.663. The molecule has 0 aliphatic heterocycles.